The van der Waals surface area contributed by atoms with E-state index in [1.165, 1.54) is 18.3 Å². The van der Waals surface area contributed by atoms with Crippen LogP contribution in [0.2, 0.25) is 0 Å². The van der Waals surface area contributed by atoms with Gasteiger partial charge in [-0.05, 0) is 24.3 Å². The Morgan fingerprint density at radius 1 is 1.16 bits per heavy atom. The summed E-state index contributed by atoms with van der Waals surface area (Å²) < 4.78 is 25.9. The second-order valence-electron chi connectivity index (χ2n) is 3.69. The first kappa shape index (κ1) is 12.9. The van der Waals surface area contributed by atoms with Crippen molar-refractivity contribution >= 4 is 17.4 Å². The zero-order chi connectivity index (χ0) is 13.8. The summed E-state index contributed by atoms with van der Waals surface area (Å²) in [5.74, 6) is 3.41. The summed E-state index contributed by atoms with van der Waals surface area (Å²) in [6.45, 7) is 0. The molecule has 2 aromatic rings. The quantitative estimate of drug-likeness (QED) is 0.584. The van der Waals surface area contributed by atoms with Gasteiger partial charge in [0.2, 0.25) is 0 Å². The van der Waals surface area contributed by atoms with Crippen molar-refractivity contribution in [1.82, 2.24) is 4.98 Å². The van der Waals surface area contributed by atoms with Gasteiger partial charge in [0.15, 0.2) is 0 Å². The number of anilines is 2. The van der Waals surface area contributed by atoms with Crippen LogP contribution >= 0.6 is 0 Å². The second kappa shape index (κ2) is 5.40. The second-order valence-corrected chi connectivity index (χ2v) is 3.69. The molecule has 0 aliphatic heterocycles. The molecule has 1 aromatic heterocycles. The number of hydrogen-bond acceptors (Lipinski definition) is 4. The third-order valence-corrected chi connectivity index (χ3v) is 2.29. The highest BCUT2D eigenvalue weighted by atomic mass is 19.1. The van der Waals surface area contributed by atoms with Gasteiger partial charge in [0.25, 0.3) is 5.91 Å². The number of halogens is 2. The zero-order valence-corrected chi connectivity index (χ0v) is 9.65. The maximum absolute atomic E-state index is 13.0. The van der Waals surface area contributed by atoms with Crippen molar-refractivity contribution in [2.24, 2.45) is 5.84 Å². The Morgan fingerprint density at radius 3 is 2.47 bits per heavy atom. The SMILES string of the molecule is NNc1cc(C(=O)Nc2cc(F)cc(F)c2)ccn1. The molecule has 0 bridgehead atoms. The van der Waals surface area contributed by atoms with Crippen LogP contribution in [0.1, 0.15) is 10.4 Å². The number of hydrazine groups is 1. The molecule has 0 saturated carbocycles. The largest absolute Gasteiger partial charge is 0.322 e. The van der Waals surface area contributed by atoms with Crippen molar-refractivity contribution in [3.63, 3.8) is 0 Å². The highest BCUT2D eigenvalue weighted by molar-refractivity contribution is 6.04. The maximum atomic E-state index is 13.0. The molecule has 1 heterocycles. The number of nitrogens with zero attached hydrogens (tertiary/aromatic N) is 1. The molecule has 5 nitrogen and oxygen atoms in total. The Morgan fingerprint density at radius 2 is 1.84 bits per heavy atom. The number of pyridine rings is 1. The van der Waals surface area contributed by atoms with Crippen LogP contribution in [0.15, 0.2) is 36.5 Å². The molecule has 0 spiro atoms. The molecular formula is C12H10F2N4O. The molecule has 19 heavy (non-hydrogen) atoms. The van der Waals surface area contributed by atoms with E-state index in [2.05, 4.69) is 15.7 Å². The first-order valence-electron chi connectivity index (χ1n) is 5.28. The van der Waals surface area contributed by atoms with E-state index in [9.17, 15) is 13.6 Å². The maximum Gasteiger partial charge on any atom is 0.255 e. The highest BCUT2D eigenvalue weighted by Crippen LogP contribution is 2.14. The molecule has 1 amide bonds. The van der Waals surface area contributed by atoms with E-state index in [4.69, 9.17) is 5.84 Å². The fourth-order valence-corrected chi connectivity index (χ4v) is 1.48. The van der Waals surface area contributed by atoms with Crippen LogP contribution in [-0.4, -0.2) is 10.9 Å². The Balaban J connectivity index is 2.20. The zero-order valence-electron chi connectivity index (χ0n) is 9.65. The number of hydrogen-bond donors (Lipinski definition) is 3. The van der Waals surface area contributed by atoms with Crippen molar-refractivity contribution < 1.29 is 13.6 Å². The first-order chi connectivity index (χ1) is 9.08. The van der Waals surface area contributed by atoms with Gasteiger partial charge in [0.05, 0.1) is 0 Å². The fraction of sp³-hybridized carbons (Fsp3) is 0. The van der Waals surface area contributed by atoms with E-state index >= 15 is 0 Å². The van der Waals surface area contributed by atoms with Gasteiger partial charge < -0.3 is 10.7 Å². The predicted molar refractivity (Wildman–Crippen MR) is 66.4 cm³/mol. The molecule has 0 saturated heterocycles. The van der Waals surface area contributed by atoms with E-state index in [1.54, 1.807) is 0 Å². The number of nitrogens with two attached hydrogens (primary N) is 1. The molecule has 1 aromatic carbocycles. The first-order valence-corrected chi connectivity index (χ1v) is 5.28. The monoisotopic (exact) mass is 264 g/mol. The van der Waals surface area contributed by atoms with Gasteiger partial charge in [-0.1, -0.05) is 0 Å². The molecule has 0 unspecified atom stereocenters. The van der Waals surface area contributed by atoms with Crippen molar-refractivity contribution in [2.75, 3.05) is 10.7 Å². The lowest BCUT2D eigenvalue weighted by molar-refractivity contribution is 0.102. The molecular weight excluding hydrogens is 254 g/mol. The summed E-state index contributed by atoms with van der Waals surface area (Å²) in [5, 5.41) is 2.38. The number of amides is 1. The van der Waals surface area contributed by atoms with Gasteiger partial charge in [0, 0.05) is 23.5 Å². The van der Waals surface area contributed by atoms with Crippen LogP contribution < -0.4 is 16.6 Å². The predicted octanol–water partition coefficient (Wildman–Crippen LogP) is 1.90. The Kier molecular flexibility index (Phi) is 3.67. The minimum Gasteiger partial charge on any atom is -0.322 e. The van der Waals surface area contributed by atoms with E-state index in [-0.39, 0.29) is 11.3 Å². The van der Waals surface area contributed by atoms with Crippen molar-refractivity contribution in [3.05, 3.63) is 53.7 Å². The average Bonchev–Trinajstić information content (AvgIpc) is 2.37. The normalized spacial score (nSPS) is 10.1. The molecule has 0 fully saturated rings. The van der Waals surface area contributed by atoms with Crippen LogP contribution in [0, 0.1) is 11.6 Å². The van der Waals surface area contributed by atoms with Gasteiger partial charge in [-0.2, -0.15) is 0 Å². The molecule has 7 heteroatoms. The molecule has 2 rings (SSSR count). The highest BCUT2D eigenvalue weighted by Gasteiger charge is 2.08. The minimum absolute atomic E-state index is 0.0292. The van der Waals surface area contributed by atoms with E-state index < -0.39 is 17.5 Å². The summed E-state index contributed by atoms with van der Waals surface area (Å²) in [5.41, 5.74) is 2.58. The summed E-state index contributed by atoms with van der Waals surface area (Å²) in [6, 6.07) is 5.61. The molecule has 98 valence electrons. The molecule has 0 aliphatic rings. The number of nitrogen functional groups attached to an aromatic ring is 1. The molecule has 4 N–H and O–H groups in total. The van der Waals surface area contributed by atoms with Crippen molar-refractivity contribution in [2.45, 2.75) is 0 Å². The molecule has 0 atom stereocenters. The lowest BCUT2D eigenvalue weighted by Gasteiger charge is -2.06. The number of rotatable bonds is 3. The van der Waals surface area contributed by atoms with Crippen molar-refractivity contribution in [3.8, 4) is 0 Å². The Hall–Kier alpha value is -2.54. The number of carbonyl (C=O) groups excluding carboxylic acids is 1. The van der Waals surface area contributed by atoms with Gasteiger partial charge in [-0.15, -0.1) is 0 Å². The Labute approximate surface area is 107 Å². The van der Waals surface area contributed by atoms with E-state index in [0.717, 1.165) is 18.2 Å². The van der Waals surface area contributed by atoms with Crippen molar-refractivity contribution in [1.29, 1.82) is 0 Å². The number of benzene rings is 1. The van der Waals surface area contributed by atoms with Crippen LogP contribution in [0.3, 0.4) is 0 Å². The van der Waals surface area contributed by atoms with E-state index in [0.29, 0.717) is 5.82 Å². The molecule has 0 aliphatic carbocycles. The van der Waals surface area contributed by atoms with Gasteiger partial charge >= 0.3 is 0 Å². The lowest BCUT2D eigenvalue weighted by Crippen LogP contribution is -2.14. The van der Waals surface area contributed by atoms with Crippen LogP contribution in [-0.2, 0) is 0 Å². The fourth-order valence-electron chi connectivity index (χ4n) is 1.48. The Bertz CT molecular complexity index is 598. The summed E-state index contributed by atoms with van der Waals surface area (Å²) in [7, 11) is 0. The van der Waals surface area contributed by atoms with E-state index in [1.807, 2.05) is 0 Å². The van der Waals surface area contributed by atoms with Gasteiger partial charge in [-0.25, -0.2) is 19.6 Å². The summed E-state index contributed by atoms with van der Waals surface area (Å²) >= 11 is 0. The standard InChI is InChI=1S/C12H10F2N4O/c13-8-4-9(14)6-10(5-8)17-12(19)7-1-2-16-11(3-7)18-15/h1-6H,15H2,(H,16,18)(H,17,19). The van der Waals surface area contributed by atoms with Gasteiger partial charge in [-0.3, -0.25) is 4.79 Å². The summed E-state index contributed by atoms with van der Waals surface area (Å²) in [4.78, 5) is 15.7. The smallest absolute Gasteiger partial charge is 0.255 e. The average molecular weight is 264 g/mol. The topological polar surface area (TPSA) is 80.0 Å². The van der Waals surface area contributed by atoms with Gasteiger partial charge in [0.1, 0.15) is 17.5 Å². The van der Waals surface area contributed by atoms with Crippen LogP contribution in [0.5, 0.6) is 0 Å². The van der Waals surface area contributed by atoms with Crippen LogP contribution in [0.4, 0.5) is 20.3 Å². The van der Waals surface area contributed by atoms with Crippen LogP contribution in [0.25, 0.3) is 0 Å². The third kappa shape index (κ3) is 3.23. The summed E-state index contributed by atoms with van der Waals surface area (Å²) in [6.07, 6.45) is 1.39. The third-order valence-electron chi connectivity index (χ3n) is 2.29. The minimum atomic E-state index is -0.769. The number of aromatic nitrogens is 1. The lowest BCUT2D eigenvalue weighted by atomic mass is 10.2. The molecule has 0 radical (unpaired) electrons. The number of carbonyl (C=O) groups is 1. The number of nitrogens with one attached hydrogen (secondary N) is 2.